The summed E-state index contributed by atoms with van der Waals surface area (Å²) in [5.74, 6) is -0.384. The average Bonchev–Trinajstić information content (AvgIpc) is 3.20. The van der Waals surface area contributed by atoms with Crippen LogP contribution < -0.4 is 5.32 Å². The van der Waals surface area contributed by atoms with Gasteiger partial charge in [0.15, 0.2) is 0 Å². The zero-order chi connectivity index (χ0) is 15.3. The number of rotatable bonds is 6. The molecular weight excluding hydrogens is 268 g/mol. The van der Waals surface area contributed by atoms with E-state index in [0.717, 1.165) is 38.8 Å². The number of nitrogens with one attached hydrogen (secondary N) is 1. The molecule has 2 saturated carbocycles. The van der Waals surface area contributed by atoms with Crippen LogP contribution in [-0.4, -0.2) is 58.9 Å². The number of aliphatic carboxylic acids is 1. The Morgan fingerprint density at radius 1 is 1.38 bits per heavy atom. The Balaban J connectivity index is 1.75. The lowest BCUT2D eigenvalue weighted by molar-refractivity contribution is -0.154. The Hall–Kier alpha value is -0.650. The zero-order valence-electron chi connectivity index (χ0n) is 13.4. The molecule has 3 rings (SSSR count). The van der Waals surface area contributed by atoms with Crippen molar-refractivity contribution in [2.24, 2.45) is 5.92 Å². The van der Waals surface area contributed by atoms with Gasteiger partial charge < -0.3 is 9.84 Å². The fourth-order valence-corrected chi connectivity index (χ4v) is 3.82. The van der Waals surface area contributed by atoms with Gasteiger partial charge in [-0.25, -0.2) is 0 Å². The van der Waals surface area contributed by atoms with Crippen LogP contribution in [0.1, 0.15) is 46.5 Å². The van der Waals surface area contributed by atoms with Crippen molar-refractivity contribution in [3.8, 4) is 0 Å². The minimum atomic E-state index is -0.756. The highest BCUT2D eigenvalue weighted by Crippen LogP contribution is 2.42. The number of carboxylic acids is 1. The first-order valence-corrected chi connectivity index (χ1v) is 8.22. The van der Waals surface area contributed by atoms with Gasteiger partial charge in [0.2, 0.25) is 0 Å². The fourth-order valence-electron chi connectivity index (χ4n) is 3.82. The predicted molar refractivity (Wildman–Crippen MR) is 80.3 cm³/mol. The number of carbonyl (C=O) groups is 1. The van der Waals surface area contributed by atoms with Crippen LogP contribution in [0.4, 0.5) is 0 Å². The van der Waals surface area contributed by atoms with E-state index in [1.165, 1.54) is 0 Å². The lowest BCUT2D eigenvalue weighted by Crippen LogP contribution is -2.64. The molecule has 0 aromatic heterocycles. The SMILES string of the molecule is CC1CN(CC(NC2CC2)(C(=O)O)C2CC2)CC(C)(C)O1. The van der Waals surface area contributed by atoms with Gasteiger partial charge in [-0.1, -0.05) is 0 Å². The van der Waals surface area contributed by atoms with Crippen molar-refractivity contribution >= 4 is 5.97 Å². The highest BCUT2D eigenvalue weighted by molar-refractivity contribution is 5.80. The molecule has 1 aliphatic heterocycles. The molecule has 2 unspecified atom stereocenters. The van der Waals surface area contributed by atoms with Crippen LogP contribution in [0.3, 0.4) is 0 Å². The van der Waals surface area contributed by atoms with E-state index in [2.05, 4.69) is 31.0 Å². The summed E-state index contributed by atoms with van der Waals surface area (Å²) in [6.45, 7) is 8.46. The van der Waals surface area contributed by atoms with Crippen molar-refractivity contribution in [3.63, 3.8) is 0 Å². The molecule has 0 spiro atoms. The molecule has 3 aliphatic rings. The summed E-state index contributed by atoms with van der Waals surface area (Å²) in [7, 11) is 0. The van der Waals surface area contributed by atoms with E-state index in [9.17, 15) is 9.90 Å². The normalized spacial score (nSPS) is 32.6. The Morgan fingerprint density at radius 2 is 2.05 bits per heavy atom. The second-order valence-corrected chi connectivity index (χ2v) is 7.83. The molecule has 0 amide bonds. The molecule has 2 aliphatic carbocycles. The molecule has 1 heterocycles. The highest BCUT2D eigenvalue weighted by atomic mass is 16.5. The first-order chi connectivity index (χ1) is 9.81. The van der Waals surface area contributed by atoms with E-state index in [1.807, 2.05) is 0 Å². The van der Waals surface area contributed by atoms with Crippen LogP contribution in [0.25, 0.3) is 0 Å². The largest absolute Gasteiger partial charge is 0.480 e. The quantitative estimate of drug-likeness (QED) is 0.777. The van der Waals surface area contributed by atoms with Crippen molar-refractivity contribution in [1.29, 1.82) is 0 Å². The molecule has 21 heavy (non-hydrogen) atoms. The summed E-state index contributed by atoms with van der Waals surface area (Å²) in [4.78, 5) is 14.4. The molecule has 5 heteroatoms. The average molecular weight is 296 g/mol. The molecule has 120 valence electrons. The van der Waals surface area contributed by atoms with Crippen molar-refractivity contribution in [2.45, 2.75) is 69.7 Å². The number of morpholine rings is 1. The van der Waals surface area contributed by atoms with E-state index in [4.69, 9.17) is 4.74 Å². The van der Waals surface area contributed by atoms with E-state index in [-0.39, 0.29) is 17.6 Å². The number of hydrogen-bond donors (Lipinski definition) is 2. The van der Waals surface area contributed by atoms with Gasteiger partial charge >= 0.3 is 5.97 Å². The highest BCUT2D eigenvalue weighted by Gasteiger charge is 2.54. The Kier molecular flexibility index (Phi) is 3.79. The monoisotopic (exact) mass is 296 g/mol. The lowest BCUT2D eigenvalue weighted by atomic mass is 9.90. The van der Waals surface area contributed by atoms with Crippen LogP contribution in [0.2, 0.25) is 0 Å². The van der Waals surface area contributed by atoms with Crippen LogP contribution in [-0.2, 0) is 9.53 Å². The second kappa shape index (κ2) is 5.21. The number of carboxylic acid groups (broad SMARTS) is 1. The minimum Gasteiger partial charge on any atom is -0.480 e. The predicted octanol–water partition coefficient (Wildman–Crippen LogP) is 1.47. The number of ether oxygens (including phenoxy) is 1. The van der Waals surface area contributed by atoms with Gasteiger partial charge in [-0.15, -0.1) is 0 Å². The Labute approximate surface area is 127 Å². The molecule has 3 fully saturated rings. The number of hydrogen-bond acceptors (Lipinski definition) is 4. The molecule has 0 bridgehead atoms. The van der Waals surface area contributed by atoms with E-state index in [0.29, 0.717) is 12.6 Å². The van der Waals surface area contributed by atoms with Crippen LogP contribution in [0.5, 0.6) is 0 Å². The summed E-state index contributed by atoms with van der Waals surface area (Å²) in [5, 5.41) is 13.4. The van der Waals surface area contributed by atoms with Crippen molar-refractivity contribution in [1.82, 2.24) is 10.2 Å². The van der Waals surface area contributed by atoms with Crippen molar-refractivity contribution < 1.29 is 14.6 Å². The molecule has 1 saturated heterocycles. The third-order valence-corrected chi connectivity index (χ3v) is 4.81. The van der Waals surface area contributed by atoms with Gasteiger partial charge in [0.25, 0.3) is 0 Å². The molecule has 2 atom stereocenters. The molecule has 0 aromatic rings. The fraction of sp³-hybridized carbons (Fsp3) is 0.938. The van der Waals surface area contributed by atoms with E-state index in [1.54, 1.807) is 0 Å². The first-order valence-electron chi connectivity index (χ1n) is 8.22. The van der Waals surface area contributed by atoms with Gasteiger partial charge in [-0.05, 0) is 52.4 Å². The summed E-state index contributed by atoms with van der Waals surface area (Å²) in [6.07, 6.45) is 4.46. The van der Waals surface area contributed by atoms with Gasteiger partial charge in [0.1, 0.15) is 5.54 Å². The number of nitrogens with zero attached hydrogens (tertiary/aromatic N) is 1. The molecular formula is C16H28N2O3. The van der Waals surface area contributed by atoms with E-state index >= 15 is 0 Å². The third kappa shape index (κ3) is 3.41. The Morgan fingerprint density at radius 3 is 2.52 bits per heavy atom. The smallest absolute Gasteiger partial charge is 0.325 e. The van der Waals surface area contributed by atoms with Crippen molar-refractivity contribution in [3.05, 3.63) is 0 Å². The topological polar surface area (TPSA) is 61.8 Å². The molecule has 0 radical (unpaired) electrons. The third-order valence-electron chi connectivity index (χ3n) is 4.81. The summed E-state index contributed by atoms with van der Waals surface area (Å²) < 4.78 is 5.94. The Bertz CT molecular complexity index is 418. The standard InChI is InChI=1S/C16H28N2O3/c1-11-8-18(9-15(2,3)21-11)10-16(14(19)20,12-4-5-12)17-13-6-7-13/h11-13,17H,4-10H2,1-3H3,(H,19,20). The van der Waals surface area contributed by atoms with Crippen LogP contribution >= 0.6 is 0 Å². The maximum absolute atomic E-state index is 12.1. The zero-order valence-corrected chi connectivity index (χ0v) is 13.4. The summed E-state index contributed by atoms with van der Waals surface area (Å²) >= 11 is 0. The first kappa shape index (κ1) is 15.3. The van der Waals surface area contributed by atoms with Gasteiger partial charge in [-0.3, -0.25) is 15.0 Å². The van der Waals surface area contributed by atoms with Crippen molar-refractivity contribution in [2.75, 3.05) is 19.6 Å². The summed E-state index contributed by atoms with van der Waals surface area (Å²) in [5.41, 5.74) is -0.959. The maximum Gasteiger partial charge on any atom is 0.325 e. The second-order valence-electron chi connectivity index (χ2n) is 7.83. The van der Waals surface area contributed by atoms with Gasteiger partial charge in [0, 0.05) is 25.7 Å². The lowest BCUT2D eigenvalue weighted by Gasteiger charge is -2.45. The van der Waals surface area contributed by atoms with Gasteiger partial charge in [-0.2, -0.15) is 0 Å². The molecule has 2 N–H and O–H groups in total. The van der Waals surface area contributed by atoms with Gasteiger partial charge in [0.05, 0.1) is 11.7 Å². The molecule has 0 aromatic carbocycles. The van der Waals surface area contributed by atoms with E-state index < -0.39 is 11.5 Å². The summed E-state index contributed by atoms with van der Waals surface area (Å²) in [6, 6.07) is 0.410. The molecule has 5 nitrogen and oxygen atoms in total. The minimum absolute atomic E-state index is 0.153. The maximum atomic E-state index is 12.1. The van der Waals surface area contributed by atoms with Crippen LogP contribution in [0.15, 0.2) is 0 Å². The van der Waals surface area contributed by atoms with Crippen LogP contribution in [0, 0.1) is 5.92 Å².